The minimum Gasteiger partial charge on any atom is -0.394 e. The van der Waals surface area contributed by atoms with Crippen LogP contribution in [0.15, 0.2) is 0 Å². The van der Waals surface area contributed by atoms with Crippen molar-refractivity contribution in [2.75, 3.05) is 6.61 Å². The number of aliphatic hydroxyl groups is 2. The summed E-state index contributed by atoms with van der Waals surface area (Å²) in [5.74, 6) is 0. The van der Waals surface area contributed by atoms with Crippen molar-refractivity contribution in [2.24, 2.45) is 0 Å². The van der Waals surface area contributed by atoms with Crippen LogP contribution in [0.25, 0.3) is 0 Å². The smallest absolute Gasteiger partial charge is 0.0693 e. The van der Waals surface area contributed by atoms with Crippen LogP contribution in [0, 0.1) is 0 Å². The molecule has 0 heterocycles. The maximum atomic E-state index is 9.87. The van der Waals surface area contributed by atoms with E-state index in [1.54, 1.807) is 0 Å². The maximum absolute atomic E-state index is 9.87. The lowest BCUT2D eigenvalue weighted by atomic mass is 9.87. The lowest BCUT2D eigenvalue weighted by Crippen LogP contribution is -2.56. The van der Waals surface area contributed by atoms with Crippen molar-refractivity contribution in [1.29, 1.82) is 0 Å². The molecule has 0 aromatic heterocycles. The molecule has 0 spiro atoms. The van der Waals surface area contributed by atoms with Crippen LogP contribution in [0.3, 0.4) is 0 Å². The zero-order valence-electron chi connectivity index (χ0n) is 10.00. The van der Waals surface area contributed by atoms with Crippen molar-refractivity contribution in [3.63, 3.8) is 0 Å². The van der Waals surface area contributed by atoms with Crippen LogP contribution < -0.4 is 5.32 Å². The predicted molar refractivity (Wildman–Crippen MR) is 61.8 cm³/mol. The summed E-state index contributed by atoms with van der Waals surface area (Å²) < 4.78 is 0. The molecule has 3 heteroatoms. The van der Waals surface area contributed by atoms with Gasteiger partial charge in [0.25, 0.3) is 0 Å². The van der Waals surface area contributed by atoms with E-state index in [1.165, 1.54) is 6.42 Å². The third kappa shape index (κ3) is 3.16. The molecule has 3 nitrogen and oxygen atoms in total. The molecule has 15 heavy (non-hydrogen) atoms. The fraction of sp³-hybridized carbons (Fsp3) is 1.00. The topological polar surface area (TPSA) is 52.5 Å². The largest absolute Gasteiger partial charge is 0.394 e. The number of hydrogen-bond donors (Lipinski definition) is 3. The average Bonchev–Trinajstić information content (AvgIpc) is 2.29. The Morgan fingerprint density at radius 1 is 1.20 bits per heavy atom. The molecule has 0 aromatic carbocycles. The quantitative estimate of drug-likeness (QED) is 0.650. The Bertz CT molecular complexity index is 172. The lowest BCUT2D eigenvalue weighted by molar-refractivity contribution is 0.0516. The van der Waals surface area contributed by atoms with Crippen LogP contribution in [-0.2, 0) is 0 Å². The first kappa shape index (κ1) is 12.9. The van der Waals surface area contributed by atoms with E-state index in [0.29, 0.717) is 0 Å². The third-order valence-electron chi connectivity index (χ3n) is 3.88. The van der Waals surface area contributed by atoms with Gasteiger partial charge in [-0.05, 0) is 25.7 Å². The van der Waals surface area contributed by atoms with Gasteiger partial charge in [0, 0.05) is 11.6 Å². The van der Waals surface area contributed by atoms with Gasteiger partial charge in [0.1, 0.15) is 0 Å². The molecule has 0 amide bonds. The highest BCUT2D eigenvalue weighted by atomic mass is 16.3. The molecule has 0 aromatic rings. The summed E-state index contributed by atoms with van der Waals surface area (Å²) in [6, 6.07) is 0.172. The summed E-state index contributed by atoms with van der Waals surface area (Å²) in [7, 11) is 0. The molecular weight excluding hydrogens is 190 g/mol. The fourth-order valence-electron chi connectivity index (χ4n) is 2.40. The van der Waals surface area contributed by atoms with Gasteiger partial charge in [-0.25, -0.2) is 0 Å². The van der Waals surface area contributed by atoms with Crippen LogP contribution in [-0.4, -0.2) is 34.5 Å². The second-order valence-electron chi connectivity index (χ2n) is 4.75. The van der Waals surface area contributed by atoms with Gasteiger partial charge in [-0.15, -0.1) is 0 Å². The van der Waals surface area contributed by atoms with E-state index >= 15 is 0 Å². The number of aliphatic hydroxyl groups excluding tert-OH is 2. The Morgan fingerprint density at radius 3 is 2.27 bits per heavy atom. The normalized spacial score (nSPS) is 28.0. The summed E-state index contributed by atoms with van der Waals surface area (Å²) in [6.45, 7) is 4.33. The van der Waals surface area contributed by atoms with Crippen molar-refractivity contribution in [3.8, 4) is 0 Å². The molecule has 1 fully saturated rings. The van der Waals surface area contributed by atoms with E-state index in [1.807, 2.05) is 0 Å². The van der Waals surface area contributed by atoms with Gasteiger partial charge in [0.05, 0.1) is 12.7 Å². The molecule has 0 bridgehead atoms. The zero-order valence-corrected chi connectivity index (χ0v) is 10.00. The first-order valence-electron chi connectivity index (χ1n) is 6.24. The number of nitrogens with one attached hydrogen (secondary N) is 1. The summed E-state index contributed by atoms with van der Waals surface area (Å²) in [6.07, 6.45) is 5.82. The van der Waals surface area contributed by atoms with Gasteiger partial charge >= 0.3 is 0 Å². The van der Waals surface area contributed by atoms with Crippen molar-refractivity contribution in [1.82, 2.24) is 5.32 Å². The molecule has 3 N–H and O–H groups in total. The molecule has 1 aliphatic rings. The molecular formula is C12H25NO2. The van der Waals surface area contributed by atoms with Crippen molar-refractivity contribution < 1.29 is 10.2 Å². The van der Waals surface area contributed by atoms with E-state index in [2.05, 4.69) is 19.2 Å². The minimum absolute atomic E-state index is 0.156. The van der Waals surface area contributed by atoms with Crippen molar-refractivity contribution in [3.05, 3.63) is 0 Å². The summed E-state index contributed by atoms with van der Waals surface area (Å²) >= 11 is 0. The average molecular weight is 215 g/mol. The molecule has 90 valence electrons. The van der Waals surface area contributed by atoms with Crippen LogP contribution in [0.5, 0.6) is 0 Å². The van der Waals surface area contributed by atoms with Crippen molar-refractivity contribution in [2.45, 2.75) is 70.1 Å². The predicted octanol–water partition coefficient (Wildman–Crippen LogP) is 1.43. The highest BCUT2D eigenvalue weighted by Gasteiger charge is 2.32. The lowest BCUT2D eigenvalue weighted by Gasteiger charge is -2.39. The molecule has 0 radical (unpaired) electrons. The van der Waals surface area contributed by atoms with E-state index < -0.39 is 0 Å². The Morgan fingerprint density at radius 2 is 1.80 bits per heavy atom. The molecule has 1 rings (SSSR count). The Hall–Kier alpha value is -0.120. The molecule has 1 aliphatic carbocycles. The Labute approximate surface area is 92.9 Å². The van der Waals surface area contributed by atoms with Crippen LogP contribution in [0.4, 0.5) is 0 Å². The molecule has 2 atom stereocenters. The van der Waals surface area contributed by atoms with Crippen LogP contribution >= 0.6 is 0 Å². The molecule has 0 saturated heterocycles. The first-order chi connectivity index (χ1) is 7.17. The Balaban J connectivity index is 2.56. The standard InChI is InChI=1S/C12H25NO2/c1-3-12(4-2,9-14)13-10-7-5-6-8-11(10)15/h10-11,13-15H,3-9H2,1-2H3. The summed E-state index contributed by atoms with van der Waals surface area (Å²) in [4.78, 5) is 0. The van der Waals surface area contributed by atoms with E-state index in [-0.39, 0.29) is 24.3 Å². The highest BCUT2D eigenvalue weighted by Crippen LogP contribution is 2.23. The monoisotopic (exact) mass is 215 g/mol. The van der Waals surface area contributed by atoms with E-state index in [0.717, 1.165) is 32.1 Å². The number of hydrogen-bond acceptors (Lipinski definition) is 3. The molecule has 1 saturated carbocycles. The third-order valence-corrected chi connectivity index (χ3v) is 3.88. The number of rotatable bonds is 5. The van der Waals surface area contributed by atoms with Crippen LogP contribution in [0.2, 0.25) is 0 Å². The van der Waals surface area contributed by atoms with E-state index in [4.69, 9.17) is 0 Å². The summed E-state index contributed by atoms with van der Waals surface area (Å²) in [5.41, 5.74) is -0.191. The summed E-state index contributed by atoms with van der Waals surface area (Å²) in [5, 5.41) is 22.8. The highest BCUT2D eigenvalue weighted by molar-refractivity contribution is 4.92. The maximum Gasteiger partial charge on any atom is 0.0693 e. The van der Waals surface area contributed by atoms with Gasteiger partial charge in [-0.2, -0.15) is 0 Å². The zero-order chi connectivity index (χ0) is 11.3. The minimum atomic E-state index is -0.234. The first-order valence-corrected chi connectivity index (χ1v) is 6.24. The molecule has 0 aliphatic heterocycles. The van der Waals surface area contributed by atoms with E-state index in [9.17, 15) is 10.2 Å². The second kappa shape index (κ2) is 5.83. The van der Waals surface area contributed by atoms with Gasteiger partial charge in [0.15, 0.2) is 0 Å². The van der Waals surface area contributed by atoms with Crippen molar-refractivity contribution >= 4 is 0 Å². The SMILES string of the molecule is CCC(CC)(CO)NC1CCCCC1O. The van der Waals surface area contributed by atoms with Gasteiger partial charge in [-0.1, -0.05) is 26.7 Å². The molecule has 2 unspecified atom stereocenters. The van der Waals surface area contributed by atoms with Gasteiger partial charge in [-0.3, -0.25) is 0 Å². The van der Waals surface area contributed by atoms with Gasteiger partial charge < -0.3 is 15.5 Å². The van der Waals surface area contributed by atoms with Crippen LogP contribution in [0.1, 0.15) is 52.4 Å². The Kier molecular flexibility index (Phi) is 5.03. The fourth-order valence-corrected chi connectivity index (χ4v) is 2.40. The second-order valence-corrected chi connectivity index (χ2v) is 4.75. The van der Waals surface area contributed by atoms with Gasteiger partial charge in [0.2, 0.25) is 0 Å².